The summed E-state index contributed by atoms with van der Waals surface area (Å²) in [5.74, 6) is -1.09. The van der Waals surface area contributed by atoms with Gasteiger partial charge >= 0.3 is 18.0 Å². The third-order valence-electron chi connectivity index (χ3n) is 2.83. The SMILES string of the molecule is CCOC(=O)c1cc(C[C@H](NC(=O)OC(C)(C)C)C(=O)OC(C)(C)C)on1. The maximum absolute atomic E-state index is 12.5. The second-order valence-corrected chi connectivity index (χ2v) is 7.84. The van der Waals surface area contributed by atoms with E-state index in [1.54, 1.807) is 48.5 Å². The largest absolute Gasteiger partial charge is 0.461 e. The zero-order chi connectivity index (χ0) is 20.8. The Morgan fingerprint density at radius 3 is 2.22 bits per heavy atom. The molecule has 0 aromatic carbocycles. The molecule has 0 spiro atoms. The molecular formula is C18H28N2O7. The van der Waals surface area contributed by atoms with Crippen LogP contribution in [-0.4, -0.2) is 47.0 Å². The van der Waals surface area contributed by atoms with Gasteiger partial charge in [-0.3, -0.25) is 0 Å². The molecule has 0 aliphatic carbocycles. The van der Waals surface area contributed by atoms with Crippen LogP contribution in [0.2, 0.25) is 0 Å². The zero-order valence-electron chi connectivity index (χ0n) is 16.9. The predicted octanol–water partition coefficient (Wildman–Crippen LogP) is 2.63. The molecule has 0 saturated carbocycles. The minimum absolute atomic E-state index is 0.0212. The highest BCUT2D eigenvalue weighted by atomic mass is 16.6. The van der Waals surface area contributed by atoms with Crippen LogP contribution in [0, 0.1) is 0 Å². The molecule has 1 aromatic rings. The number of carbonyl (C=O) groups is 3. The minimum Gasteiger partial charge on any atom is -0.461 e. The summed E-state index contributed by atoms with van der Waals surface area (Å²) in [6.07, 6.45) is -0.843. The molecule has 0 bridgehead atoms. The van der Waals surface area contributed by atoms with Crippen molar-refractivity contribution in [3.8, 4) is 0 Å². The predicted molar refractivity (Wildman–Crippen MR) is 95.2 cm³/mol. The molecule has 0 aliphatic rings. The fourth-order valence-electron chi connectivity index (χ4n) is 1.93. The lowest BCUT2D eigenvalue weighted by molar-refractivity contribution is -0.157. The number of amides is 1. The molecule has 152 valence electrons. The lowest BCUT2D eigenvalue weighted by atomic mass is 10.1. The maximum atomic E-state index is 12.5. The Labute approximate surface area is 158 Å². The molecule has 9 nitrogen and oxygen atoms in total. The molecule has 0 radical (unpaired) electrons. The Hall–Kier alpha value is -2.58. The van der Waals surface area contributed by atoms with Gasteiger partial charge in [-0.2, -0.15) is 0 Å². The van der Waals surface area contributed by atoms with Crippen molar-refractivity contribution >= 4 is 18.0 Å². The molecule has 1 heterocycles. The highest BCUT2D eigenvalue weighted by Crippen LogP contribution is 2.14. The fraction of sp³-hybridized carbons (Fsp3) is 0.667. The van der Waals surface area contributed by atoms with Crippen LogP contribution in [-0.2, 0) is 25.4 Å². The Morgan fingerprint density at radius 1 is 1.11 bits per heavy atom. The van der Waals surface area contributed by atoms with Crippen LogP contribution in [0.1, 0.15) is 64.7 Å². The standard InChI is InChI=1S/C18H28N2O7/c1-8-24-14(21)13-10-11(27-20-13)9-12(15(22)25-17(2,3)4)19-16(23)26-18(5,6)7/h10,12H,8-9H2,1-7H3,(H,19,23)/t12-/m0/s1. The average molecular weight is 384 g/mol. The number of carbonyl (C=O) groups excluding carboxylic acids is 3. The summed E-state index contributed by atoms with van der Waals surface area (Å²) in [5, 5.41) is 6.08. The molecule has 0 aliphatic heterocycles. The number of nitrogens with zero attached hydrogens (tertiary/aromatic N) is 1. The normalized spacial score (nSPS) is 12.9. The zero-order valence-corrected chi connectivity index (χ0v) is 16.9. The number of nitrogens with one attached hydrogen (secondary N) is 1. The van der Waals surface area contributed by atoms with Gasteiger partial charge in [0.15, 0.2) is 5.69 Å². The summed E-state index contributed by atoms with van der Waals surface area (Å²) in [4.78, 5) is 36.2. The van der Waals surface area contributed by atoms with E-state index < -0.39 is 35.3 Å². The summed E-state index contributed by atoms with van der Waals surface area (Å²) in [7, 11) is 0. The van der Waals surface area contributed by atoms with Gasteiger partial charge in [0, 0.05) is 12.5 Å². The molecule has 1 N–H and O–H groups in total. The number of esters is 2. The summed E-state index contributed by atoms with van der Waals surface area (Å²) >= 11 is 0. The van der Waals surface area contributed by atoms with Crippen molar-refractivity contribution in [2.75, 3.05) is 6.61 Å². The van der Waals surface area contributed by atoms with Crippen LogP contribution in [0.5, 0.6) is 0 Å². The highest BCUT2D eigenvalue weighted by molar-refractivity contribution is 5.87. The first-order valence-electron chi connectivity index (χ1n) is 8.66. The summed E-state index contributed by atoms with van der Waals surface area (Å²) in [6, 6.07) is 0.272. The quantitative estimate of drug-likeness (QED) is 0.587. The van der Waals surface area contributed by atoms with Gasteiger partial charge in [-0.15, -0.1) is 0 Å². The second-order valence-electron chi connectivity index (χ2n) is 7.84. The lowest BCUT2D eigenvalue weighted by Crippen LogP contribution is -2.47. The molecule has 0 saturated heterocycles. The van der Waals surface area contributed by atoms with Gasteiger partial charge < -0.3 is 24.1 Å². The van der Waals surface area contributed by atoms with Crippen LogP contribution in [0.3, 0.4) is 0 Å². The average Bonchev–Trinajstić information content (AvgIpc) is 2.91. The summed E-state index contributed by atoms with van der Waals surface area (Å²) in [6.45, 7) is 12.1. The molecule has 9 heteroatoms. The number of ether oxygens (including phenoxy) is 3. The molecule has 1 rings (SSSR count). The lowest BCUT2D eigenvalue weighted by Gasteiger charge is -2.25. The maximum Gasteiger partial charge on any atom is 0.408 e. The van der Waals surface area contributed by atoms with Gasteiger partial charge in [0.1, 0.15) is 23.0 Å². The van der Waals surface area contributed by atoms with Gasteiger partial charge in [-0.05, 0) is 48.5 Å². The van der Waals surface area contributed by atoms with Crippen molar-refractivity contribution in [3.63, 3.8) is 0 Å². The number of alkyl carbamates (subject to hydrolysis) is 1. The first kappa shape index (κ1) is 22.5. The van der Waals surface area contributed by atoms with Crippen LogP contribution in [0.4, 0.5) is 4.79 Å². The van der Waals surface area contributed by atoms with Crippen LogP contribution >= 0.6 is 0 Å². The van der Waals surface area contributed by atoms with Gasteiger partial charge in [-0.25, -0.2) is 14.4 Å². The van der Waals surface area contributed by atoms with E-state index in [1.807, 2.05) is 0 Å². The van der Waals surface area contributed by atoms with E-state index in [1.165, 1.54) is 6.07 Å². The Bertz CT molecular complexity index is 668. The van der Waals surface area contributed by atoms with E-state index in [0.717, 1.165) is 0 Å². The van der Waals surface area contributed by atoms with Crippen LogP contribution in [0.25, 0.3) is 0 Å². The molecular weight excluding hydrogens is 356 g/mol. The fourth-order valence-corrected chi connectivity index (χ4v) is 1.93. The summed E-state index contributed by atoms with van der Waals surface area (Å²) < 4.78 is 20.4. The molecule has 1 amide bonds. The van der Waals surface area contributed by atoms with E-state index >= 15 is 0 Å². The van der Waals surface area contributed by atoms with Gasteiger partial charge in [0.05, 0.1) is 6.61 Å². The second kappa shape index (κ2) is 8.88. The Morgan fingerprint density at radius 2 is 1.70 bits per heavy atom. The van der Waals surface area contributed by atoms with Gasteiger partial charge in [0.25, 0.3) is 0 Å². The van der Waals surface area contributed by atoms with E-state index in [0.29, 0.717) is 0 Å². The van der Waals surface area contributed by atoms with E-state index in [-0.39, 0.29) is 24.5 Å². The molecule has 27 heavy (non-hydrogen) atoms. The monoisotopic (exact) mass is 384 g/mol. The number of aromatic nitrogens is 1. The summed E-state index contributed by atoms with van der Waals surface area (Å²) in [5.41, 5.74) is -1.50. The van der Waals surface area contributed by atoms with Crippen molar-refractivity contribution in [2.45, 2.75) is 72.1 Å². The topological polar surface area (TPSA) is 117 Å². The Balaban J connectivity index is 2.92. The van der Waals surface area contributed by atoms with Gasteiger partial charge in [-0.1, -0.05) is 5.16 Å². The number of hydrogen-bond acceptors (Lipinski definition) is 8. The Kier molecular flexibility index (Phi) is 7.38. The molecule has 0 unspecified atom stereocenters. The minimum atomic E-state index is -1.08. The van der Waals surface area contributed by atoms with Gasteiger partial charge in [0.2, 0.25) is 0 Å². The van der Waals surface area contributed by atoms with E-state index in [4.69, 9.17) is 18.7 Å². The third kappa shape index (κ3) is 8.57. The first-order valence-corrected chi connectivity index (χ1v) is 8.66. The number of hydrogen-bond donors (Lipinski definition) is 1. The van der Waals surface area contributed by atoms with Crippen LogP contribution < -0.4 is 5.32 Å². The smallest absolute Gasteiger partial charge is 0.408 e. The molecule has 0 fully saturated rings. The van der Waals surface area contributed by atoms with E-state index in [9.17, 15) is 14.4 Å². The number of rotatable bonds is 6. The molecule has 1 aromatic heterocycles. The highest BCUT2D eigenvalue weighted by Gasteiger charge is 2.30. The van der Waals surface area contributed by atoms with E-state index in [2.05, 4.69) is 10.5 Å². The van der Waals surface area contributed by atoms with Crippen molar-refractivity contribution in [2.24, 2.45) is 0 Å². The first-order chi connectivity index (χ1) is 12.3. The van der Waals surface area contributed by atoms with Crippen molar-refractivity contribution in [1.29, 1.82) is 0 Å². The van der Waals surface area contributed by atoms with Crippen molar-refractivity contribution in [1.82, 2.24) is 10.5 Å². The van der Waals surface area contributed by atoms with Crippen LogP contribution in [0.15, 0.2) is 10.6 Å². The van der Waals surface area contributed by atoms with Crippen molar-refractivity contribution < 1.29 is 33.1 Å². The third-order valence-corrected chi connectivity index (χ3v) is 2.83. The van der Waals surface area contributed by atoms with Crippen molar-refractivity contribution in [3.05, 3.63) is 17.5 Å². The molecule has 1 atom stereocenters.